The molecule has 37 heavy (non-hydrogen) atoms. The number of aromatic nitrogens is 1. The summed E-state index contributed by atoms with van der Waals surface area (Å²) in [7, 11) is -0.560. The number of ether oxygens (including phenoxy) is 2. The van der Waals surface area contributed by atoms with Gasteiger partial charge in [0.2, 0.25) is 5.88 Å². The van der Waals surface area contributed by atoms with E-state index in [0.717, 1.165) is 15.4 Å². The van der Waals surface area contributed by atoms with E-state index >= 15 is 0 Å². The van der Waals surface area contributed by atoms with Crippen molar-refractivity contribution in [1.29, 1.82) is 0 Å². The number of rotatable bonds is 12. The third-order valence-corrected chi connectivity index (χ3v) is 7.30. The second-order valence-corrected chi connectivity index (χ2v) is 10.1. The molecule has 0 saturated heterocycles. The molecular weight excluding hydrogens is 508 g/mol. The summed E-state index contributed by atoms with van der Waals surface area (Å²) in [5.74, 6) is -0.0826. The minimum absolute atomic E-state index is 0.000862. The Morgan fingerprint density at radius 3 is 2.32 bits per heavy atom. The van der Waals surface area contributed by atoms with Crippen molar-refractivity contribution in [3.05, 3.63) is 47.7 Å². The number of nitrogens with zero attached hydrogens (tertiary/aromatic N) is 4. The molecule has 3 aromatic rings. The number of benzene rings is 2. The maximum absolute atomic E-state index is 13.9. The number of carbonyl (C=O) groups excluding carboxylic acids is 1. The lowest BCUT2D eigenvalue weighted by molar-refractivity contribution is -0.492. The van der Waals surface area contributed by atoms with Crippen molar-refractivity contribution in [2.45, 2.75) is 31.6 Å². The van der Waals surface area contributed by atoms with Crippen LogP contribution in [0.1, 0.15) is 24.1 Å². The summed E-state index contributed by atoms with van der Waals surface area (Å²) < 4.78 is 44.1. The zero-order chi connectivity index (χ0) is 27.2. The molecule has 2 N–H and O–H groups in total. The highest BCUT2D eigenvalue weighted by molar-refractivity contribution is 7.93. The predicted molar refractivity (Wildman–Crippen MR) is 132 cm³/mol. The molecular formula is C23H30N4O9S. The van der Waals surface area contributed by atoms with Crippen LogP contribution in [0.3, 0.4) is 0 Å². The topological polar surface area (TPSA) is 155 Å². The number of unbranched alkanes of at least 4 members (excludes halogenated alkanes) is 1. The van der Waals surface area contributed by atoms with Crippen molar-refractivity contribution in [2.75, 3.05) is 43.2 Å². The van der Waals surface area contributed by atoms with E-state index in [2.05, 4.69) is 9.99 Å². The van der Waals surface area contributed by atoms with Gasteiger partial charge in [0.25, 0.3) is 10.0 Å². The van der Waals surface area contributed by atoms with Crippen LogP contribution in [0, 0.1) is 13.8 Å². The molecule has 0 fully saturated rings. The molecule has 0 aliphatic heterocycles. The Morgan fingerprint density at radius 1 is 1.00 bits per heavy atom. The lowest BCUT2D eigenvalue weighted by Crippen LogP contribution is -2.35. The van der Waals surface area contributed by atoms with Crippen molar-refractivity contribution >= 4 is 38.5 Å². The van der Waals surface area contributed by atoms with Crippen LogP contribution in [0.15, 0.2) is 45.8 Å². The molecule has 202 valence electrons. The first-order valence-electron chi connectivity index (χ1n) is 11.3. The van der Waals surface area contributed by atoms with Crippen LogP contribution in [-0.2, 0) is 24.3 Å². The summed E-state index contributed by atoms with van der Waals surface area (Å²) in [6, 6.07) is 10.3. The third-order valence-electron chi connectivity index (χ3n) is 5.53. The molecule has 0 radical (unpaired) electrons. The van der Waals surface area contributed by atoms with Gasteiger partial charge in [0.15, 0.2) is 6.73 Å². The number of aryl methyl sites for hydroxylation is 1. The number of hydrogen-bond acceptors (Lipinski definition) is 12. The number of carbonyl (C=O) groups is 1. The Morgan fingerprint density at radius 2 is 1.68 bits per heavy atom. The molecule has 0 bridgehead atoms. The summed E-state index contributed by atoms with van der Waals surface area (Å²) >= 11 is 0. The quantitative estimate of drug-likeness (QED) is 0.150. The fourth-order valence-electron chi connectivity index (χ4n) is 3.53. The normalized spacial score (nSPS) is 11.6. The van der Waals surface area contributed by atoms with Gasteiger partial charge in [-0.15, -0.1) is 0 Å². The summed E-state index contributed by atoms with van der Waals surface area (Å²) in [6.45, 7) is 2.54. The molecule has 0 amide bonds. The van der Waals surface area contributed by atoms with Crippen molar-refractivity contribution in [3.8, 4) is 0 Å². The first-order valence-corrected chi connectivity index (χ1v) is 12.7. The van der Waals surface area contributed by atoms with Gasteiger partial charge in [-0.05, 0) is 38.8 Å². The van der Waals surface area contributed by atoms with Gasteiger partial charge < -0.3 is 18.9 Å². The van der Waals surface area contributed by atoms with E-state index in [9.17, 15) is 13.2 Å². The van der Waals surface area contributed by atoms with Gasteiger partial charge in [0.1, 0.15) is 0 Å². The van der Waals surface area contributed by atoms with E-state index in [1.54, 1.807) is 32.0 Å². The summed E-state index contributed by atoms with van der Waals surface area (Å²) in [4.78, 5) is 18.5. The van der Waals surface area contributed by atoms with Gasteiger partial charge in [0, 0.05) is 36.1 Å². The molecule has 0 spiro atoms. The van der Waals surface area contributed by atoms with E-state index in [1.165, 1.54) is 6.07 Å². The van der Waals surface area contributed by atoms with Crippen LogP contribution in [0.2, 0.25) is 0 Å². The molecule has 14 heteroatoms. The van der Waals surface area contributed by atoms with Crippen molar-refractivity contribution in [3.63, 3.8) is 0 Å². The Balaban J connectivity index is 1.85. The van der Waals surface area contributed by atoms with E-state index in [0.29, 0.717) is 29.5 Å². The molecule has 0 unspecified atom stereocenters. The smallest absolute Gasteiger partial charge is 0.434 e. The van der Waals surface area contributed by atoms with Gasteiger partial charge >= 0.3 is 6.16 Å². The van der Waals surface area contributed by atoms with E-state index < -0.39 is 28.3 Å². The first-order chi connectivity index (χ1) is 17.5. The van der Waals surface area contributed by atoms with Gasteiger partial charge in [-0.3, -0.25) is 15.3 Å². The Hall–Kier alpha value is -3.43. The van der Waals surface area contributed by atoms with Gasteiger partial charge in [-0.2, -0.15) is 4.31 Å². The summed E-state index contributed by atoms with van der Waals surface area (Å²) in [5, 5.41) is 21.6. The predicted octanol–water partition coefficient (Wildman–Crippen LogP) is 3.61. The molecule has 2 aromatic carbocycles. The maximum Gasteiger partial charge on any atom is 0.510 e. The molecule has 0 saturated carbocycles. The van der Waals surface area contributed by atoms with E-state index in [-0.39, 0.29) is 24.0 Å². The molecule has 0 aliphatic carbocycles. The molecule has 3 rings (SSSR count). The SMILES string of the molecule is Cc1noc(N(COC(=O)OCCCCON(O)O)S(=O)(=O)c2cccc3c(N(C)C)cccc23)c1C. The number of fused-ring (bicyclic) bond motifs is 1. The van der Waals surface area contributed by atoms with E-state index in [1.807, 2.05) is 31.1 Å². The number of anilines is 2. The highest BCUT2D eigenvalue weighted by atomic mass is 32.2. The van der Waals surface area contributed by atoms with Crippen LogP contribution in [-0.4, -0.2) is 69.6 Å². The lowest BCUT2D eigenvalue weighted by Gasteiger charge is -2.23. The van der Waals surface area contributed by atoms with Gasteiger partial charge in [-0.1, -0.05) is 29.4 Å². The molecule has 0 aliphatic rings. The average molecular weight is 539 g/mol. The van der Waals surface area contributed by atoms with Crippen LogP contribution >= 0.6 is 0 Å². The monoisotopic (exact) mass is 538 g/mol. The fraction of sp³-hybridized carbons (Fsp3) is 0.391. The van der Waals surface area contributed by atoms with Gasteiger partial charge in [-0.25, -0.2) is 13.2 Å². The van der Waals surface area contributed by atoms with Crippen LogP contribution in [0.5, 0.6) is 0 Å². The van der Waals surface area contributed by atoms with Crippen LogP contribution < -0.4 is 9.21 Å². The molecule has 1 heterocycles. The Labute approximate surface area is 214 Å². The molecule has 1 aromatic heterocycles. The summed E-state index contributed by atoms with van der Waals surface area (Å²) in [6.07, 6.45) is -0.387. The van der Waals surface area contributed by atoms with Crippen LogP contribution in [0.25, 0.3) is 10.8 Å². The second kappa shape index (κ2) is 12.2. The maximum atomic E-state index is 13.9. The first kappa shape index (κ1) is 28.1. The standard InChI is InChI=1S/C23H30N4O9S/c1-16-17(2)24-36-22(16)26(15-34-23(28)33-13-5-6-14-35-27(29)30)37(31,32)21-12-8-9-18-19(21)10-7-11-20(18)25(3)4/h7-12,29-30H,5-6,13-15H2,1-4H3. The average Bonchev–Trinajstić information content (AvgIpc) is 3.18. The number of hydrogen-bond donors (Lipinski definition) is 2. The second-order valence-electron chi connectivity index (χ2n) is 8.24. The Bertz CT molecular complexity index is 1320. The number of sulfonamides is 1. The summed E-state index contributed by atoms with van der Waals surface area (Å²) in [5.41, 5.74) is 1.79. The highest BCUT2D eigenvalue weighted by Gasteiger charge is 2.33. The largest absolute Gasteiger partial charge is 0.510 e. The van der Waals surface area contributed by atoms with Crippen LogP contribution in [0.4, 0.5) is 16.4 Å². The minimum atomic E-state index is -4.29. The zero-order valence-electron chi connectivity index (χ0n) is 20.9. The van der Waals surface area contributed by atoms with Crippen molar-refractivity contribution in [1.82, 2.24) is 10.5 Å². The van der Waals surface area contributed by atoms with Gasteiger partial charge in [0.05, 0.1) is 29.2 Å². The fourth-order valence-corrected chi connectivity index (χ4v) is 5.05. The lowest BCUT2D eigenvalue weighted by atomic mass is 10.1. The van der Waals surface area contributed by atoms with Crippen molar-refractivity contribution < 1.29 is 42.5 Å². The van der Waals surface area contributed by atoms with E-state index in [4.69, 9.17) is 24.4 Å². The minimum Gasteiger partial charge on any atom is -0.434 e. The highest BCUT2D eigenvalue weighted by Crippen LogP contribution is 2.34. The Kier molecular flexibility index (Phi) is 9.29. The van der Waals surface area contributed by atoms with Crippen molar-refractivity contribution in [2.24, 2.45) is 0 Å². The molecule has 13 nitrogen and oxygen atoms in total. The molecule has 0 atom stereocenters. The zero-order valence-corrected chi connectivity index (χ0v) is 21.8. The third kappa shape index (κ3) is 6.67.